The maximum atomic E-state index is 13.2. The van der Waals surface area contributed by atoms with Crippen molar-refractivity contribution in [2.45, 2.75) is 65.0 Å². The van der Waals surface area contributed by atoms with Crippen LogP contribution in [0.15, 0.2) is 29.1 Å². The van der Waals surface area contributed by atoms with Gasteiger partial charge in [0.25, 0.3) is 5.56 Å². The normalized spacial score (nSPS) is 17.0. The van der Waals surface area contributed by atoms with Gasteiger partial charge in [-0.1, -0.05) is 25.0 Å². The first-order valence-electron chi connectivity index (χ1n) is 10.6. The number of pyridine rings is 1. The summed E-state index contributed by atoms with van der Waals surface area (Å²) < 4.78 is 1.91. The largest absolute Gasteiger partial charge is 0.322 e. The van der Waals surface area contributed by atoms with Gasteiger partial charge in [0.2, 0.25) is 0 Å². The van der Waals surface area contributed by atoms with Crippen LogP contribution in [0.5, 0.6) is 0 Å². The van der Waals surface area contributed by atoms with Crippen molar-refractivity contribution in [2.24, 2.45) is 0 Å². The average molecular weight is 395 g/mol. The fourth-order valence-corrected chi connectivity index (χ4v) is 4.17. The Morgan fingerprint density at radius 2 is 1.93 bits per heavy atom. The zero-order valence-electron chi connectivity index (χ0n) is 17.8. The molecule has 154 valence electrons. The van der Waals surface area contributed by atoms with Gasteiger partial charge in [0.15, 0.2) is 5.82 Å². The molecule has 7 heteroatoms. The van der Waals surface area contributed by atoms with Crippen LogP contribution in [0.1, 0.15) is 69.4 Å². The Labute approximate surface area is 171 Å². The van der Waals surface area contributed by atoms with Gasteiger partial charge in [0.05, 0.1) is 5.54 Å². The minimum absolute atomic E-state index is 0.0687. The van der Waals surface area contributed by atoms with E-state index < -0.39 is 0 Å². The zero-order valence-corrected chi connectivity index (χ0v) is 17.8. The third-order valence-electron chi connectivity index (χ3n) is 6.26. The fraction of sp³-hybridized carbons (Fsp3) is 0.545. The van der Waals surface area contributed by atoms with E-state index in [4.69, 9.17) is 0 Å². The fourth-order valence-electron chi connectivity index (χ4n) is 4.17. The van der Waals surface area contributed by atoms with Crippen molar-refractivity contribution in [2.75, 3.05) is 13.1 Å². The van der Waals surface area contributed by atoms with Gasteiger partial charge in [-0.2, -0.15) is 0 Å². The summed E-state index contributed by atoms with van der Waals surface area (Å²) in [6, 6.07) is 7.87. The van der Waals surface area contributed by atoms with E-state index in [0.29, 0.717) is 5.56 Å². The van der Waals surface area contributed by atoms with Crippen LogP contribution in [-0.4, -0.2) is 43.2 Å². The number of likely N-dealkylation sites (tertiary alicyclic amines) is 1. The van der Waals surface area contributed by atoms with E-state index in [1.807, 2.05) is 22.9 Å². The monoisotopic (exact) mass is 394 g/mol. The van der Waals surface area contributed by atoms with Crippen molar-refractivity contribution in [1.82, 2.24) is 30.1 Å². The summed E-state index contributed by atoms with van der Waals surface area (Å²) >= 11 is 0. The van der Waals surface area contributed by atoms with Crippen molar-refractivity contribution in [3.05, 3.63) is 51.6 Å². The summed E-state index contributed by atoms with van der Waals surface area (Å²) in [4.78, 5) is 18.6. The minimum atomic E-state index is -0.259. The molecule has 3 heterocycles. The predicted molar refractivity (Wildman–Crippen MR) is 114 cm³/mol. The Hall–Kier alpha value is -2.54. The number of hydrogen-bond donors (Lipinski definition) is 1. The summed E-state index contributed by atoms with van der Waals surface area (Å²) in [5.74, 6) is 0.747. The third-order valence-corrected chi connectivity index (χ3v) is 6.26. The molecular weight excluding hydrogens is 364 g/mol. The summed E-state index contributed by atoms with van der Waals surface area (Å²) in [5, 5.41) is 13.8. The molecule has 3 aromatic rings. The quantitative estimate of drug-likeness (QED) is 0.716. The molecule has 1 N–H and O–H groups in total. The van der Waals surface area contributed by atoms with Crippen LogP contribution in [0.4, 0.5) is 0 Å². The summed E-state index contributed by atoms with van der Waals surface area (Å²) in [7, 11) is 0. The van der Waals surface area contributed by atoms with Gasteiger partial charge >= 0.3 is 0 Å². The van der Waals surface area contributed by atoms with Crippen molar-refractivity contribution in [3.63, 3.8) is 0 Å². The number of aryl methyl sites for hydroxylation is 1. The van der Waals surface area contributed by atoms with E-state index >= 15 is 0 Å². The van der Waals surface area contributed by atoms with Gasteiger partial charge in [-0.15, -0.1) is 5.10 Å². The summed E-state index contributed by atoms with van der Waals surface area (Å²) in [6.07, 6.45) is 4.37. The first-order valence-corrected chi connectivity index (χ1v) is 10.6. The number of aromatic nitrogens is 5. The van der Waals surface area contributed by atoms with Gasteiger partial charge in [-0.05, 0) is 87.1 Å². The maximum Gasteiger partial charge on any atom is 0.253 e. The molecule has 1 fully saturated rings. The molecule has 0 radical (unpaired) electrons. The molecule has 4 rings (SSSR count). The smallest absolute Gasteiger partial charge is 0.253 e. The molecule has 0 saturated carbocycles. The Balaban J connectivity index is 1.91. The van der Waals surface area contributed by atoms with Crippen LogP contribution < -0.4 is 5.56 Å². The van der Waals surface area contributed by atoms with Gasteiger partial charge in [0, 0.05) is 11.1 Å². The second kappa shape index (κ2) is 7.71. The van der Waals surface area contributed by atoms with E-state index in [1.165, 1.54) is 12.0 Å². The standard InChI is InChI=1S/C22H30N6O/c1-5-22(3,4)28-20(24-25-26-28)19(27-11-7-6-8-12-27)17-14-16-13-15(2)9-10-18(16)23-21(17)29/h9-10,13-14,19H,5-8,11-12H2,1-4H3,(H,23,29)/t19-/m0/s1. The number of benzene rings is 1. The molecule has 1 aromatic carbocycles. The van der Waals surface area contributed by atoms with E-state index in [2.05, 4.69) is 59.2 Å². The number of fused-ring (bicyclic) bond motifs is 1. The number of hydrogen-bond acceptors (Lipinski definition) is 5. The van der Waals surface area contributed by atoms with Crippen LogP contribution in [-0.2, 0) is 5.54 Å². The summed E-state index contributed by atoms with van der Waals surface area (Å²) in [5.41, 5.74) is 2.44. The van der Waals surface area contributed by atoms with Crippen molar-refractivity contribution in [1.29, 1.82) is 0 Å². The van der Waals surface area contributed by atoms with Gasteiger partial charge in [0.1, 0.15) is 6.04 Å². The number of tetrazole rings is 1. The van der Waals surface area contributed by atoms with Crippen LogP contribution in [0, 0.1) is 6.92 Å². The Morgan fingerprint density at radius 1 is 1.17 bits per heavy atom. The second-order valence-electron chi connectivity index (χ2n) is 8.76. The molecule has 1 aliphatic heterocycles. The van der Waals surface area contributed by atoms with Gasteiger partial charge < -0.3 is 4.98 Å². The zero-order chi connectivity index (χ0) is 20.6. The highest BCUT2D eigenvalue weighted by molar-refractivity contribution is 5.79. The highest BCUT2D eigenvalue weighted by atomic mass is 16.1. The Kier molecular flexibility index (Phi) is 5.25. The molecule has 2 aromatic heterocycles. The third kappa shape index (κ3) is 3.71. The highest BCUT2D eigenvalue weighted by Crippen LogP contribution is 2.32. The van der Waals surface area contributed by atoms with Crippen LogP contribution >= 0.6 is 0 Å². The predicted octanol–water partition coefficient (Wildman–Crippen LogP) is 3.54. The van der Waals surface area contributed by atoms with E-state index in [1.54, 1.807) is 0 Å². The van der Waals surface area contributed by atoms with Crippen LogP contribution in [0.25, 0.3) is 10.9 Å². The number of piperidine rings is 1. The highest BCUT2D eigenvalue weighted by Gasteiger charge is 2.34. The molecule has 1 saturated heterocycles. The molecule has 0 spiro atoms. The van der Waals surface area contributed by atoms with Crippen molar-refractivity contribution >= 4 is 10.9 Å². The van der Waals surface area contributed by atoms with Gasteiger partial charge in [-0.25, -0.2) is 4.68 Å². The molecule has 1 aliphatic rings. The molecule has 1 atom stereocenters. The maximum absolute atomic E-state index is 13.2. The molecule has 29 heavy (non-hydrogen) atoms. The Bertz CT molecular complexity index is 1060. The minimum Gasteiger partial charge on any atom is -0.322 e. The lowest BCUT2D eigenvalue weighted by molar-refractivity contribution is 0.167. The topological polar surface area (TPSA) is 79.7 Å². The lowest BCUT2D eigenvalue weighted by Gasteiger charge is -2.35. The van der Waals surface area contributed by atoms with Crippen LogP contribution in [0.3, 0.4) is 0 Å². The average Bonchev–Trinajstić information content (AvgIpc) is 3.20. The lowest BCUT2D eigenvalue weighted by atomic mass is 9.97. The van der Waals surface area contributed by atoms with E-state index in [0.717, 1.165) is 49.1 Å². The Morgan fingerprint density at radius 3 is 2.66 bits per heavy atom. The lowest BCUT2D eigenvalue weighted by Crippen LogP contribution is -2.40. The van der Waals surface area contributed by atoms with Crippen molar-refractivity contribution in [3.8, 4) is 0 Å². The first-order chi connectivity index (χ1) is 13.9. The second-order valence-corrected chi connectivity index (χ2v) is 8.76. The molecule has 0 bridgehead atoms. The number of nitrogens with one attached hydrogen (secondary N) is 1. The summed E-state index contributed by atoms with van der Waals surface area (Å²) in [6.45, 7) is 10.3. The first kappa shape index (κ1) is 19.8. The molecular formula is C22H30N6O. The van der Waals surface area contributed by atoms with Crippen molar-refractivity contribution < 1.29 is 0 Å². The van der Waals surface area contributed by atoms with E-state index in [-0.39, 0.29) is 17.1 Å². The van der Waals surface area contributed by atoms with E-state index in [9.17, 15) is 4.79 Å². The molecule has 0 amide bonds. The number of aromatic amines is 1. The number of rotatable bonds is 5. The van der Waals surface area contributed by atoms with Gasteiger partial charge in [-0.3, -0.25) is 9.69 Å². The SMILES string of the molecule is CCC(C)(C)n1nnnc1[C@H](c1cc2cc(C)ccc2[nH]c1=O)N1CCCCC1. The number of nitrogens with zero attached hydrogens (tertiary/aromatic N) is 5. The molecule has 0 aliphatic carbocycles. The number of H-pyrrole nitrogens is 1. The van der Waals surface area contributed by atoms with Crippen LogP contribution in [0.2, 0.25) is 0 Å². The molecule has 7 nitrogen and oxygen atoms in total. The molecule has 0 unspecified atom stereocenters.